The molecule has 0 aliphatic heterocycles. The highest BCUT2D eigenvalue weighted by molar-refractivity contribution is 5.80. The van der Waals surface area contributed by atoms with E-state index in [2.05, 4.69) is 5.32 Å². The van der Waals surface area contributed by atoms with Gasteiger partial charge in [0.25, 0.3) is 0 Å². The van der Waals surface area contributed by atoms with Crippen LogP contribution in [0.3, 0.4) is 0 Å². The van der Waals surface area contributed by atoms with Gasteiger partial charge in [0.2, 0.25) is 5.91 Å². The molecule has 1 aromatic rings. The molecule has 1 saturated carbocycles. The summed E-state index contributed by atoms with van der Waals surface area (Å²) in [7, 11) is 0. The number of carbonyl (C=O) groups is 1. The molecular weight excluding hydrogens is 290 g/mol. The van der Waals surface area contributed by atoms with Crippen molar-refractivity contribution in [1.82, 2.24) is 5.32 Å². The molecule has 1 fully saturated rings. The first-order valence-electron chi connectivity index (χ1n) is 8.77. The van der Waals surface area contributed by atoms with Gasteiger partial charge in [0.1, 0.15) is 6.10 Å². The predicted molar refractivity (Wildman–Crippen MR) is 90.9 cm³/mol. The summed E-state index contributed by atoms with van der Waals surface area (Å²) in [5.41, 5.74) is 1.06. The van der Waals surface area contributed by atoms with Crippen LogP contribution >= 0.6 is 0 Å². The first-order valence-corrected chi connectivity index (χ1v) is 8.77. The molecule has 1 aliphatic rings. The molecule has 2 rings (SSSR count). The molecule has 4 heteroatoms. The van der Waals surface area contributed by atoms with E-state index in [-0.39, 0.29) is 18.6 Å². The lowest BCUT2D eigenvalue weighted by atomic mass is 9.82. The van der Waals surface area contributed by atoms with Crippen molar-refractivity contribution in [3.8, 4) is 0 Å². The molecule has 2 N–H and O–H groups in total. The van der Waals surface area contributed by atoms with E-state index in [1.807, 2.05) is 30.3 Å². The van der Waals surface area contributed by atoms with Crippen LogP contribution in [0.5, 0.6) is 0 Å². The van der Waals surface area contributed by atoms with Gasteiger partial charge in [-0.1, -0.05) is 49.6 Å². The van der Waals surface area contributed by atoms with Crippen LogP contribution in [0.15, 0.2) is 30.3 Å². The molecule has 0 radical (unpaired) electrons. The second kappa shape index (κ2) is 9.68. The fourth-order valence-electron chi connectivity index (χ4n) is 3.27. The Morgan fingerprint density at radius 3 is 2.61 bits per heavy atom. The second-order valence-corrected chi connectivity index (χ2v) is 6.46. The maximum Gasteiger partial charge on any atom is 0.249 e. The number of aliphatic hydroxyl groups excluding tert-OH is 1. The Balaban J connectivity index is 1.82. The number of carbonyl (C=O) groups excluding carboxylic acids is 1. The molecule has 0 aromatic heterocycles. The lowest BCUT2D eigenvalue weighted by Crippen LogP contribution is -2.46. The highest BCUT2D eigenvalue weighted by Crippen LogP contribution is 2.27. The number of benzene rings is 1. The van der Waals surface area contributed by atoms with E-state index < -0.39 is 6.10 Å². The SMILES string of the molecule is CC(OCc1ccccc1)C(=O)NC(CCO)C1CCCCC1. The van der Waals surface area contributed by atoms with Crippen LogP contribution in [0.2, 0.25) is 0 Å². The van der Waals surface area contributed by atoms with Crippen molar-refractivity contribution in [3.05, 3.63) is 35.9 Å². The van der Waals surface area contributed by atoms with Gasteiger partial charge in [-0.2, -0.15) is 0 Å². The molecular formula is C19H29NO3. The number of amides is 1. The molecule has 23 heavy (non-hydrogen) atoms. The molecule has 1 amide bonds. The van der Waals surface area contributed by atoms with Crippen molar-refractivity contribution in [1.29, 1.82) is 0 Å². The van der Waals surface area contributed by atoms with Crippen molar-refractivity contribution in [2.45, 2.75) is 64.2 Å². The zero-order chi connectivity index (χ0) is 16.5. The third kappa shape index (κ3) is 5.96. The highest BCUT2D eigenvalue weighted by atomic mass is 16.5. The Kier molecular flexibility index (Phi) is 7.56. The Labute approximate surface area is 139 Å². The minimum absolute atomic E-state index is 0.0653. The van der Waals surface area contributed by atoms with E-state index >= 15 is 0 Å². The topological polar surface area (TPSA) is 58.6 Å². The lowest BCUT2D eigenvalue weighted by Gasteiger charge is -2.31. The van der Waals surface area contributed by atoms with Gasteiger partial charge >= 0.3 is 0 Å². The van der Waals surface area contributed by atoms with Crippen LogP contribution in [0.4, 0.5) is 0 Å². The van der Waals surface area contributed by atoms with Crippen molar-refractivity contribution in [2.75, 3.05) is 6.61 Å². The second-order valence-electron chi connectivity index (χ2n) is 6.46. The molecule has 1 aromatic carbocycles. The van der Waals surface area contributed by atoms with Gasteiger partial charge in [-0.15, -0.1) is 0 Å². The van der Waals surface area contributed by atoms with Crippen LogP contribution < -0.4 is 5.32 Å². The Morgan fingerprint density at radius 1 is 1.26 bits per heavy atom. The number of hydrogen-bond acceptors (Lipinski definition) is 3. The number of hydrogen-bond donors (Lipinski definition) is 2. The van der Waals surface area contributed by atoms with Gasteiger partial charge in [-0.3, -0.25) is 4.79 Å². The molecule has 4 nitrogen and oxygen atoms in total. The van der Waals surface area contributed by atoms with Crippen LogP contribution in [0.1, 0.15) is 51.0 Å². The zero-order valence-corrected chi connectivity index (χ0v) is 14.0. The lowest BCUT2D eigenvalue weighted by molar-refractivity contribution is -0.133. The Morgan fingerprint density at radius 2 is 1.96 bits per heavy atom. The fourth-order valence-corrected chi connectivity index (χ4v) is 3.27. The molecule has 2 unspecified atom stereocenters. The summed E-state index contributed by atoms with van der Waals surface area (Å²) in [6.07, 6.45) is 6.16. The summed E-state index contributed by atoms with van der Waals surface area (Å²) in [4.78, 5) is 12.4. The zero-order valence-electron chi connectivity index (χ0n) is 14.0. The number of rotatable bonds is 8. The molecule has 128 valence electrons. The molecule has 1 aliphatic carbocycles. The first-order chi connectivity index (χ1) is 11.2. The maximum absolute atomic E-state index is 12.4. The third-order valence-corrected chi connectivity index (χ3v) is 4.70. The molecule has 0 spiro atoms. The van der Waals surface area contributed by atoms with Crippen LogP contribution in [-0.4, -0.2) is 29.8 Å². The number of aliphatic hydroxyl groups is 1. The van der Waals surface area contributed by atoms with E-state index in [1.165, 1.54) is 19.3 Å². The normalized spacial score (nSPS) is 18.3. The van der Waals surface area contributed by atoms with Crippen LogP contribution in [-0.2, 0) is 16.1 Å². The van der Waals surface area contributed by atoms with Gasteiger partial charge < -0.3 is 15.2 Å². The smallest absolute Gasteiger partial charge is 0.249 e. The monoisotopic (exact) mass is 319 g/mol. The van der Waals surface area contributed by atoms with Gasteiger partial charge in [-0.05, 0) is 37.7 Å². The van der Waals surface area contributed by atoms with Crippen molar-refractivity contribution < 1.29 is 14.6 Å². The summed E-state index contributed by atoms with van der Waals surface area (Å²) in [5.74, 6) is 0.408. The summed E-state index contributed by atoms with van der Waals surface area (Å²) in [6, 6.07) is 9.93. The van der Waals surface area contributed by atoms with Crippen LogP contribution in [0.25, 0.3) is 0 Å². The molecule has 2 atom stereocenters. The highest BCUT2D eigenvalue weighted by Gasteiger charge is 2.26. The summed E-state index contributed by atoms with van der Waals surface area (Å²) < 4.78 is 5.68. The van der Waals surface area contributed by atoms with Gasteiger partial charge in [0.15, 0.2) is 0 Å². The van der Waals surface area contributed by atoms with E-state index in [1.54, 1.807) is 6.92 Å². The van der Waals surface area contributed by atoms with Crippen molar-refractivity contribution in [2.24, 2.45) is 5.92 Å². The molecule has 0 heterocycles. The van der Waals surface area contributed by atoms with E-state index in [0.717, 1.165) is 18.4 Å². The minimum atomic E-state index is -0.486. The van der Waals surface area contributed by atoms with Crippen LogP contribution in [0, 0.1) is 5.92 Å². The molecule has 0 saturated heterocycles. The van der Waals surface area contributed by atoms with Crippen molar-refractivity contribution in [3.63, 3.8) is 0 Å². The number of nitrogens with one attached hydrogen (secondary N) is 1. The van der Waals surface area contributed by atoms with E-state index in [9.17, 15) is 9.90 Å². The fraction of sp³-hybridized carbons (Fsp3) is 0.632. The van der Waals surface area contributed by atoms with Gasteiger partial charge in [-0.25, -0.2) is 0 Å². The summed E-state index contributed by atoms with van der Waals surface area (Å²) >= 11 is 0. The molecule has 0 bridgehead atoms. The van der Waals surface area contributed by atoms with E-state index in [0.29, 0.717) is 18.9 Å². The van der Waals surface area contributed by atoms with Gasteiger partial charge in [0.05, 0.1) is 6.61 Å². The first kappa shape index (κ1) is 18.0. The average Bonchev–Trinajstić information content (AvgIpc) is 2.61. The quantitative estimate of drug-likeness (QED) is 0.774. The summed E-state index contributed by atoms with van der Waals surface area (Å²) in [5, 5.41) is 12.4. The third-order valence-electron chi connectivity index (χ3n) is 4.70. The maximum atomic E-state index is 12.4. The minimum Gasteiger partial charge on any atom is -0.396 e. The Bertz CT molecular complexity index is 457. The predicted octanol–water partition coefficient (Wildman–Crippen LogP) is 3.04. The van der Waals surface area contributed by atoms with E-state index in [4.69, 9.17) is 4.74 Å². The van der Waals surface area contributed by atoms with Gasteiger partial charge in [0, 0.05) is 12.6 Å². The van der Waals surface area contributed by atoms with Crippen molar-refractivity contribution >= 4 is 5.91 Å². The number of ether oxygens (including phenoxy) is 1. The average molecular weight is 319 g/mol. The standard InChI is InChI=1S/C19H29NO3/c1-15(23-14-16-8-4-2-5-9-16)19(22)20-18(12-13-21)17-10-6-3-7-11-17/h2,4-5,8-9,15,17-18,21H,3,6-7,10-14H2,1H3,(H,20,22). The Hall–Kier alpha value is -1.39. The summed E-state index contributed by atoms with van der Waals surface area (Å²) in [6.45, 7) is 2.33. The largest absolute Gasteiger partial charge is 0.396 e.